The predicted octanol–water partition coefficient (Wildman–Crippen LogP) is 1.51. The molecule has 1 saturated heterocycles. The first-order chi connectivity index (χ1) is 6.73. The zero-order valence-electron chi connectivity index (χ0n) is 9.73. The van der Waals surface area contributed by atoms with Gasteiger partial charge in [0.25, 0.3) is 6.29 Å². The van der Waals surface area contributed by atoms with Gasteiger partial charge in [0.2, 0.25) is 0 Å². The average Bonchev–Trinajstić information content (AvgIpc) is 2.23. The van der Waals surface area contributed by atoms with Crippen LogP contribution in [0.25, 0.3) is 0 Å². The highest BCUT2D eigenvalue weighted by atomic mass is 16.7. The van der Waals surface area contributed by atoms with Crippen LogP contribution in [0, 0.1) is 0 Å². The number of carbonyl (C=O) groups excluding carboxylic acids is 2. The number of hydrogen-bond acceptors (Lipinski definition) is 4. The zero-order chi connectivity index (χ0) is 11.8. The largest absolute Gasteiger partial charge is 0.423 e. The highest BCUT2D eigenvalue weighted by Gasteiger charge is 2.45. The van der Waals surface area contributed by atoms with Crippen LogP contribution in [0.15, 0.2) is 0 Å². The Morgan fingerprint density at radius 2 is 2.00 bits per heavy atom. The highest BCUT2D eigenvalue weighted by molar-refractivity contribution is 5.72. The molecule has 0 spiro atoms. The van der Waals surface area contributed by atoms with Crippen LogP contribution in [-0.4, -0.2) is 34.8 Å². The molecule has 0 bridgehead atoms. The van der Waals surface area contributed by atoms with Gasteiger partial charge in [-0.2, -0.15) is 0 Å². The number of nitrogens with zero attached hydrogens (tertiary/aromatic N) is 1. The third kappa shape index (κ3) is 2.40. The molecule has 5 nitrogen and oxygen atoms in total. The Balaban J connectivity index is 2.79. The summed E-state index contributed by atoms with van der Waals surface area (Å²) in [7, 11) is 0. The molecule has 0 aromatic heterocycles. The standard InChI is InChI=1S/C10H17NO4/c1-6-8(14-7(2)12)15-9(13)11(6)10(3,4)5/h6,8H,1-5H3. The highest BCUT2D eigenvalue weighted by Crippen LogP contribution is 2.28. The molecule has 5 heteroatoms. The van der Waals surface area contributed by atoms with Gasteiger partial charge in [-0.1, -0.05) is 0 Å². The van der Waals surface area contributed by atoms with Crippen molar-refractivity contribution < 1.29 is 19.1 Å². The van der Waals surface area contributed by atoms with E-state index in [1.807, 2.05) is 20.8 Å². The molecule has 1 fully saturated rings. The predicted molar refractivity (Wildman–Crippen MR) is 53.1 cm³/mol. The number of ether oxygens (including phenoxy) is 2. The van der Waals surface area contributed by atoms with Crippen molar-refractivity contribution >= 4 is 12.1 Å². The summed E-state index contributed by atoms with van der Waals surface area (Å²) in [4.78, 5) is 23.9. The lowest BCUT2D eigenvalue weighted by Crippen LogP contribution is -2.47. The van der Waals surface area contributed by atoms with Crippen LogP contribution in [0.2, 0.25) is 0 Å². The lowest BCUT2D eigenvalue weighted by atomic mass is 10.0. The van der Waals surface area contributed by atoms with Crippen molar-refractivity contribution in [1.29, 1.82) is 0 Å². The van der Waals surface area contributed by atoms with Crippen LogP contribution in [0.3, 0.4) is 0 Å². The maximum absolute atomic E-state index is 11.5. The summed E-state index contributed by atoms with van der Waals surface area (Å²) in [5.41, 5.74) is -0.342. The van der Waals surface area contributed by atoms with Gasteiger partial charge in [0, 0.05) is 12.5 Å². The lowest BCUT2D eigenvalue weighted by molar-refractivity contribution is -0.163. The van der Waals surface area contributed by atoms with E-state index in [4.69, 9.17) is 9.47 Å². The fraction of sp³-hybridized carbons (Fsp3) is 0.800. The number of hydrogen-bond donors (Lipinski definition) is 0. The van der Waals surface area contributed by atoms with Crippen molar-refractivity contribution in [2.24, 2.45) is 0 Å². The van der Waals surface area contributed by atoms with E-state index in [2.05, 4.69) is 0 Å². The Labute approximate surface area is 89.3 Å². The van der Waals surface area contributed by atoms with Gasteiger partial charge in [-0.05, 0) is 27.7 Å². The molecule has 0 saturated carbocycles. The first-order valence-corrected chi connectivity index (χ1v) is 4.90. The van der Waals surface area contributed by atoms with E-state index >= 15 is 0 Å². The smallest absolute Gasteiger partial charge is 0.413 e. The molecule has 2 unspecified atom stereocenters. The monoisotopic (exact) mass is 215 g/mol. The normalized spacial score (nSPS) is 26.5. The molecule has 15 heavy (non-hydrogen) atoms. The van der Waals surface area contributed by atoms with Gasteiger partial charge in [0.05, 0.1) is 0 Å². The Kier molecular flexibility index (Phi) is 2.93. The van der Waals surface area contributed by atoms with E-state index in [0.717, 1.165) is 0 Å². The van der Waals surface area contributed by atoms with E-state index in [-0.39, 0.29) is 11.6 Å². The number of cyclic esters (lactones) is 1. The van der Waals surface area contributed by atoms with Crippen LogP contribution < -0.4 is 0 Å². The first kappa shape index (κ1) is 11.8. The summed E-state index contributed by atoms with van der Waals surface area (Å²) in [6.07, 6.45) is -1.24. The third-order valence-electron chi connectivity index (χ3n) is 2.22. The summed E-state index contributed by atoms with van der Waals surface area (Å²) in [6.45, 7) is 8.80. The quantitative estimate of drug-likeness (QED) is 0.622. The minimum Gasteiger partial charge on any atom is -0.423 e. The maximum atomic E-state index is 11.5. The first-order valence-electron chi connectivity index (χ1n) is 4.90. The molecule has 1 heterocycles. The summed E-state index contributed by atoms with van der Waals surface area (Å²) < 4.78 is 9.86. The van der Waals surface area contributed by atoms with Gasteiger partial charge in [-0.15, -0.1) is 0 Å². The SMILES string of the molecule is CC(=O)OC1OC(=O)N(C(C)(C)C)C1C. The molecule has 1 aliphatic heterocycles. The second kappa shape index (κ2) is 3.72. The molecule has 0 aliphatic carbocycles. The maximum Gasteiger partial charge on any atom is 0.413 e. The van der Waals surface area contributed by atoms with Crippen molar-refractivity contribution in [2.75, 3.05) is 0 Å². The van der Waals surface area contributed by atoms with E-state index in [1.165, 1.54) is 6.92 Å². The number of esters is 1. The summed E-state index contributed by atoms with van der Waals surface area (Å²) in [5.74, 6) is -0.449. The fourth-order valence-electron chi connectivity index (χ4n) is 1.71. The van der Waals surface area contributed by atoms with Crippen LogP contribution >= 0.6 is 0 Å². The van der Waals surface area contributed by atoms with E-state index in [1.54, 1.807) is 11.8 Å². The zero-order valence-corrected chi connectivity index (χ0v) is 9.73. The summed E-state index contributed by atoms with van der Waals surface area (Å²) in [6, 6.07) is -0.263. The molecule has 0 aromatic rings. The average molecular weight is 215 g/mol. The van der Waals surface area contributed by atoms with Crippen molar-refractivity contribution in [3.63, 3.8) is 0 Å². The van der Waals surface area contributed by atoms with Crippen LogP contribution in [-0.2, 0) is 14.3 Å². The number of carbonyl (C=O) groups is 2. The Bertz CT molecular complexity index is 282. The van der Waals surface area contributed by atoms with Gasteiger partial charge in [-0.25, -0.2) is 4.79 Å². The molecular weight excluding hydrogens is 198 g/mol. The van der Waals surface area contributed by atoms with Crippen LogP contribution in [0.1, 0.15) is 34.6 Å². The van der Waals surface area contributed by atoms with Gasteiger partial charge < -0.3 is 9.47 Å². The molecule has 0 aromatic carbocycles. The second-order valence-corrected chi connectivity index (χ2v) is 4.64. The van der Waals surface area contributed by atoms with E-state index in [0.29, 0.717) is 0 Å². The van der Waals surface area contributed by atoms with Crippen molar-refractivity contribution in [1.82, 2.24) is 4.90 Å². The van der Waals surface area contributed by atoms with Crippen LogP contribution in [0.4, 0.5) is 4.79 Å². The van der Waals surface area contributed by atoms with Crippen molar-refractivity contribution in [2.45, 2.75) is 52.5 Å². The Hall–Kier alpha value is -1.26. The van der Waals surface area contributed by atoms with Gasteiger partial charge >= 0.3 is 12.1 Å². The topological polar surface area (TPSA) is 55.8 Å². The summed E-state index contributed by atoms with van der Waals surface area (Å²) >= 11 is 0. The van der Waals surface area contributed by atoms with E-state index < -0.39 is 18.4 Å². The van der Waals surface area contributed by atoms with Crippen molar-refractivity contribution in [3.8, 4) is 0 Å². The molecular formula is C10H17NO4. The molecule has 86 valence electrons. The molecule has 1 amide bonds. The molecule has 1 rings (SSSR count). The van der Waals surface area contributed by atoms with Crippen LogP contribution in [0.5, 0.6) is 0 Å². The number of rotatable bonds is 1. The summed E-state index contributed by atoms with van der Waals surface area (Å²) in [5, 5.41) is 0. The fourth-order valence-corrected chi connectivity index (χ4v) is 1.71. The Morgan fingerprint density at radius 3 is 2.33 bits per heavy atom. The molecule has 1 aliphatic rings. The van der Waals surface area contributed by atoms with E-state index in [9.17, 15) is 9.59 Å². The molecule has 2 atom stereocenters. The minimum atomic E-state index is -0.797. The lowest BCUT2D eigenvalue weighted by Gasteiger charge is -2.33. The van der Waals surface area contributed by atoms with Gasteiger partial charge in [-0.3, -0.25) is 9.69 Å². The molecule has 0 radical (unpaired) electrons. The third-order valence-corrected chi connectivity index (χ3v) is 2.22. The minimum absolute atomic E-state index is 0.263. The Morgan fingerprint density at radius 1 is 1.47 bits per heavy atom. The second-order valence-electron chi connectivity index (χ2n) is 4.64. The van der Waals surface area contributed by atoms with Crippen molar-refractivity contribution in [3.05, 3.63) is 0 Å². The molecule has 0 N–H and O–H groups in total. The van der Waals surface area contributed by atoms with Gasteiger partial charge in [0.15, 0.2) is 0 Å². The number of amides is 1. The van der Waals surface area contributed by atoms with Gasteiger partial charge in [0.1, 0.15) is 6.04 Å².